The molecule has 0 amide bonds. The number of carbonyl (C=O) groups excluding carboxylic acids is 1. The summed E-state index contributed by atoms with van der Waals surface area (Å²) in [4.78, 5) is 18.2. The molecule has 0 aromatic rings. The van der Waals surface area contributed by atoms with Crippen LogP contribution in [0.5, 0.6) is 0 Å². The monoisotopic (exact) mass is 441 g/mol. The van der Waals surface area contributed by atoms with Crippen LogP contribution in [0.3, 0.4) is 0 Å². The minimum absolute atomic E-state index is 0. The van der Waals surface area contributed by atoms with Gasteiger partial charge in [0, 0.05) is 39.9 Å². The predicted molar refractivity (Wildman–Crippen MR) is 103 cm³/mol. The van der Waals surface area contributed by atoms with E-state index in [-0.39, 0.29) is 41.8 Å². The molecule has 7 heteroatoms. The van der Waals surface area contributed by atoms with Gasteiger partial charge in [0.05, 0.1) is 13.0 Å². The van der Waals surface area contributed by atoms with Crippen LogP contribution >= 0.6 is 24.0 Å². The molecule has 2 atom stereocenters. The molecule has 1 aliphatic heterocycles. The molecule has 0 aromatic heterocycles. The van der Waals surface area contributed by atoms with Crippen LogP contribution in [0.1, 0.15) is 33.1 Å². The second-order valence-electron chi connectivity index (χ2n) is 5.81. The van der Waals surface area contributed by atoms with Gasteiger partial charge in [-0.15, -0.1) is 24.0 Å². The molecular weight excluding hydrogens is 409 g/mol. The minimum Gasteiger partial charge on any atom is -0.469 e. The van der Waals surface area contributed by atoms with Crippen LogP contribution < -0.4 is 5.32 Å². The molecule has 136 valence electrons. The Morgan fingerprint density at radius 2 is 2.00 bits per heavy atom. The number of hydrogen-bond donors (Lipinski definition) is 1. The van der Waals surface area contributed by atoms with Gasteiger partial charge in [-0.05, 0) is 18.8 Å². The Kier molecular flexibility index (Phi) is 12.5. The highest BCUT2D eigenvalue weighted by Gasteiger charge is 2.36. The maximum Gasteiger partial charge on any atom is 0.310 e. The zero-order valence-corrected chi connectivity index (χ0v) is 17.2. The first-order valence-electron chi connectivity index (χ1n) is 8.25. The molecule has 1 rings (SSSR count). The van der Waals surface area contributed by atoms with Crippen molar-refractivity contribution < 1.29 is 14.3 Å². The van der Waals surface area contributed by atoms with Crippen LogP contribution in [0.15, 0.2) is 4.99 Å². The number of likely N-dealkylation sites (tertiary alicyclic amines) is 1. The van der Waals surface area contributed by atoms with E-state index in [4.69, 9.17) is 9.47 Å². The molecule has 0 radical (unpaired) electrons. The summed E-state index contributed by atoms with van der Waals surface area (Å²) in [5, 5.41) is 3.34. The van der Waals surface area contributed by atoms with Gasteiger partial charge in [0.15, 0.2) is 5.96 Å². The summed E-state index contributed by atoms with van der Waals surface area (Å²) >= 11 is 0. The lowest BCUT2D eigenvalue weighted by Crippen LogP contribution is -2.41. The molecule has 1 saturated heterocycles. The lowest BCUT2D eigenvalue weighted by Gasteiger charge is -2.21. The SMILES string of the molecule is CCCCOCCCNC(=NC)N1CC(C)C(C(=O)OC)C1.I. The third-order valence-electron chi connectivity index (χ3n) is 4.02. The number of halogens is 1. The Labute approximate surface area is 157 Å². The van der Waals surface area contributed by atoms with E-state index in [0.29, 0.717) is 6.54 Å². The van der Waals surface area contributed by atoms with Crippen LogP contribution in [0, 0.1) is 11.8 Å². The number of aliphatic imine (C=N–C) groups is 1. The first-order chi connectivity index (χ1) is 10.6. The topological polar surface area (TPSA) is 63.2 Å². The van der Waals surface area contributed by atoms with Crippen molar-refractivity contribution in [2.75, 3.05) is 47.0 Å². The van der Waals surface area contributed by atoms with Crippen molar-refractivity contribution in [2.45, 2.75) is 33.1 Å². The fourth-order valence-corrected chi connectivity index (χ4v) is 2.65. The highest BCUT2D eigenvalue weighted by Crippen LogP contribution is 2.23. The summed E-state index contributed by atoms with van der Waals surface area (Å²) in [5.74, 6) is 0.936. The zero-order chi connectivity index (χ0) is 16.4. The van der Waals surface area contributed by atoms with Crippen molar-refractivity contribution in [3.05, 3.63) is 0 Å². The van der Waals surface area contributed by atoms with E-state index in [1.807, 2.05) is 0 Å². The molecule has 0 bridgehead atoms. The third kappa shape index (κ3) is 7.69. The maximum atomic E-state index is 11.7. The molecule has 23 heavy (non-hydrogen) atoms. The van der Waals surface area contributed by atoms with Gasteiger partial charge in [-0.1, -0.05) is 20.3 Å². The molecule has 0 aromatic carbocycles. The van der Waals surface area contributed by atoms with Gasteiger partial charge in [0.1, 0.15) is 0 Å². The number of nitrogens with zero attached hydrogens (tertiary/aromatic N) is 2. The van der Waals surface area contributed by atoms with E-state index in [1.165, 1.54) is 13.5 Å². The molecule has 6 nitrogen and oxygen atoms in total. The van der Waals surface area contributed by atoms with Crippen LogP contribution in [-0.4, -0.2) is 63.8 Å². The van der Waals surface area contributed by atoms with Crippen LogP contribution in [-0.2, 0) is 14.3 Å². The lowest BCUT2D eigenvalue weighted by molar-refractivity contribution is -0.145. The van der Waals surface area contributed by atoms with Gasteiger partial charge in [-0.3, -0.25) is 9.79 Å². The van der Waals surface area contributed by atoms with E-state index >= 15 is 0 Å². The Balaban J connectivity index is 0.00000484. The predicted octanol–water partition coefficient (Wildman–Crippen LogP) is 2.13. The smallest absolute Gasteiger partial charge is 0.310 e. The maximum absolute atomic E-state index is 11.7. The van der Waals surface area contributed by atoms with Gasteiger partial charge in [0.25, 0.3) is 0 Å². The van der Waals surface area contributed by atoms with Crippen LogP contribution in [0.4, 0.5) is 0 Å². The Hall–Kier alpha value is -0.570. The molecule has 1 heterocycles. The number of nitrogens with one attached hydrogen (secondary N) is 1. The van der Waals surface area contributed by atoms with Crippen molar-refractivity contribution in [1.82, 2.24) is 10.2 Å². The van der Waals surface area contributed by atoms with Crippen molar-refractivity contribution in [3.8, 4) is 0 Å². The first-order valence-corrected chi connectivity index (χ1v) is 8.25. The average Bonchev–Trinajstić information content (AvgIpc) is 2.91. The van der Waals surface area contributed by atoms with Crippen LogP contribution in [0.2, 0.25) is 0 Å². The Morgan fingerprint density at radius 1 is 1.30 bits per heavy atom. The standard InChI is InChI=1S/C16H31N3O3.HI/c1-5-6-9-22-10-7-8-18-16(17-3)19-11-13(2)14(12-19)15(20)21-4;/h13-14H,5-12H2,1-4H3,(H,17,18);1H. The van der Waals surface area contributed by atoms with Crippen molar-refractivity contribution in [2.24, 2.45) is 16.8 Å². The molecule has 0 aliphatic carbocycles. The number of ether oxygens (including phenoxy) is 2. The van der Waals surface area contributed by atoms with Gasteiger partial charge in [-0.25, -0.2) is 0 Å². The van der Waals surface area contributed by atoms with Gasteiger partial charge in [0.2, 0.25) is 0 Å². The summed E-state index contributed by atoms with van der Waals surface area (Å²) in [5.41, 5.74) is 0. The van der Waals surface area contributed by atoms with Gasteiger partial charge >= 0.3 is 5.97 Å². The number of unbranched alkanes of at least 4 members (excludes halogenated alkanes) is 1. The second-order valence-corrected chi connectivity index (χ2v) is 5.81. The van der Waals surface area contributed by atoms with Crippen LogP contribution in [0.25, 0.3) is 0 Å². The summed E-state index contributed by atoms with van der Waals surface area (Å²) in [6.45, 7) is 8.17. The molecule has 1 N–H and O–H groups in total. The highest BCUT2D eigenvalue weighted by molar-refractivity contribution is 14.0. The summed E-state index contributed by atoms with van der Waals surface area (Å²) in [6.07, 6.45) is 3.24. The molecule has 0 spiro atoms. The largest absolute Gasteiger partial charge is 0.469 e. The summed E-state index contributed by atoms with van der Waals surface area (Å²) < 4.78 is 10.4. The van der Waals surface area contributed by atoms with Gasteiger partial charge < -0.3 is 19.7 Å². The van der Waals surface area contributed by atoms with Crippen molar-refractivity contribution in [1.29, 1.82) is 0 Å². The first kappa shape index (κ1) is 22.4. The van der Waals surface area contributed by atoms with E-state index in [0.717, 1.165) is 45.1 Å². The zero-order valence-electron chi connectivity index (χ0n) is 14.8. The second kappa shape index (κ2) is 12.8. The Morgan fingerprint density at radius 3 is 2.61 bits per heavy atom. The average molecular weight is 441 g/mol. The lowest BCUT2D eigenvalue weighted by atomic mass is 9.99. The Bertz CT molecular complexity index is 366. The third-order valence-corrected chi connectivity index (χ3v) is 4.02. The molecule has 0 saturated carbocycles. The van der Waals surface area contributed by atoms with E-state index in [1.54, 1.807) is 7.05 Å². The summed E-state index contributed by atoms with van der Waals surface area (Å²) in [7, 11) is 3.22. The quantitative estimate of drug-likeness (QED) is 0.206. The number of rotatable bonds is 8. The molecule has 1 fully saturated rings. The number of hydrogen-bond acceptors (Lipinski definition) is 4. The number of methoxy groups -OCH3 is 1. The minimum atomic E-state index is -0.130. The van der Waals surface area contributed by atoms with Gasteiger partial charge in [-0.2, -0.15) is 0 Å². The number of esters is 1. The number of guanidine groups is 1. The fraction of sp³-hybridized carbons (Fsp3) is 0.875. The summed E-state index contributed by atoms with van der Waals surface area (Å²) in [6, 6.07) is 0. The number of carbonyl (C=O) groups is 1. The van der Waals surface area contributed by atoms with E-state index in [2.05, 4.69) is 29.1 Å². The fourth-order valence-electron chi connectivity index (χ4n) is 2.65. The molecular formula is C16H32IN3O3. The normalized spacial score (nSPS) is 21.0. The molecule has 2 unspecified atom stereocenters. The highest BCUT2D eigenvalue weighted by atomic mass is 127. The molecule has 1 aliphatic rings. The van der Waals surface area contributed by atoms with Crippen molar-refractivity contribution in [3.63, 3.8) is 0 Å². The van der Waals surface area contributed by atoms with E-state index in [9.17, 15) is 4.79 Å². The van der Waals surface area contributed by atoms with Crippen molar-refractivity contribution >= 4 is 35.9 Å². The van der Waals surface area contributed by atoms with E-state index < -0.39 is 0 Å².